The van der Waals surface area contributed by atoms with Crippen LogP contribution in [0.3, 0.4) is 0 Å². The number of unbranched alkanes of at least 4 members (excludes halogenated alkanes) is 1. The quantitative estimate of drug-likeness (QED) is 0.459. The molecule has 6 nitrogen and oxygen atoms in total. The summed E-state index contributed by atoms with van der Waals surface area (Å²) in [4.78, 5) is 6.53. The molecule has 2 aromatic rings. The monoisotopic (exact) mass is 328 g/mol. The van der Waals surface area contributed by atoms with Crippen LogP contribution in [0.4, 0.5) is 0 Å². The predicted octanol–water partition coefficient (Wildman–Crippen LogP) is 2.33. The third-order valence-corrected chi connectivity index (χ3v) is 4.02. The summed E-state index contributed by atoms with van der Waals surface area (Å²) in [5.74, 6) is 0.930. The molecule has 24 heavy (non-hydrogen) atoms. The molecular weight excluding hydrogens is 300 g/mol. The number of aryl methyl sites for hydroxylation is 2. The van der Waals surface area contributed by atoms with Gasteiger partial charge in [-0.05, 0) is 30.4 Å². The van der Waals surface area contributed by atoms with Gasteiger partial charge in [-0.3, -0.25) is 4.99 Å². The van der Waals surface area contributed by atoms with E-state index < -0.39 is 0 Å². The van der Waals surface area contributed by atoms with Gasteiger partial charge in [-0.15, -0.1) is 10.2 Å². The van der Waals surface area contributed by atoms with Crippen molar-refractivity contribution in [1.29, 1.82) is 0 Å². The van der Waals surface area contributed by atoms with Crippen LogP contribution in [0.2, 0.25) is 0 Å². The van der Waals surface area contributed by atoms with Crippen molar-refractivity contribution in [1.82, 2.24) is 25.0 Å². The largest absolute Gasteiger partial charge is 0.356 e. The first-order valence-electron chi connectivity index (χ1n) is 8.55. The van der Waals surface area contributed by atoms with E-state index in [1.165, 1.54) is 11.1 Å². The van der Waals surface area contributed by atoms with Crippen LogP contribution in [-0.4, -0.2) is 46.3 Å². The molecule has 0 saturated carbocycles. The van der Waals surface area contributed by atoms with E-state index >= 15 is 0 Å². The van der Waals surface area contributed by atoms with Crippen molar-refractivity contribution in [2.24, 2.45) is 4.99 Å². The van der Waals surface area contributed by atoms with E-state index in [0.717, 1.165) is 44.9 Å². The van der Waals surface area contributed by atoms with Gasteiger partial charge in [0.1, 0.15) is 12.7 Å². The summed E-state index contributed by atoms with van der Waals surface area (Å²) in [6.45, 7) is 4.89. The van der Waals surface area contributed by atoms with Gasteiger partial charge in [0.25, 0.3) is 0 Å². The van der Waals surface area contributed by atoms with E-state index in [1.807, 2.05) is 11.6 Å². The lowest BCUT2D eigenvalue weighted by atomic mass is 10.1. The van der Waals surface area contributed by atoms with Crippen LogP contribution >= 0.6 is 0 Å². The summed E-state index contributed by atoms with van der Waals surface area (Å²) in [6.07, 6.45) is 6.75. The number of hydrogen-bond acceptors (Lipinski definition) is 3. The van der Waals surface area contributed by atoms with Crippen molar-refractivity contribution >= 4 is 5.96 Å². The minimum absolute atomic E-state index is 0.852. The van der Waals surface area contributed by atoms with Crippen molar-refractivity contribution in [2.75, 3.05) is 20.6 Å². The number of aromatic nitrogens is 3. The molecule has 1 N–H and O–H groups in total. The molecule has 0 aliphatic carbocycles. The Morgan fingerprint density at radius 3 is 2.42 bits per heavy atom. The molecule has 1 heterocycles. The summed E-state index contributed by atoms with van der Waals surface area (Å²) in [5, 5.41) is 11.0. The van der Waals surface area contributed by atoms with Gasteiger partial charge in [0, 0.05) is 33.7 Å². The van der Waals surface area contributed by atoms with E-state index in [1.54, 1.807) is 12.7 Å². The summed E-state index contributed by atoms with van der Waals surface area (Å²) in [5.41, 5.74) is 2.67. The molecule has 130 valence electrons. The Morgan fingerprint density at radius 1 is 1.12 bits per heavy atom. The molecule has 0 unspecified atom stereocenters. The average molecular weight is 328 g/mol. The predicted molar refractivity (Wildman–Crippen MR) is 97.9 cm³/mol. The van der Waals surface area contributed by atoms with Crippen molar-refractivity contribution in [3.05, 3.63) is 48.0 Å². The van der Waals surface area contributed by atoms with Crippen LogP contribution in [-0.2, 0) is 19.5 Å². The maximum atomic E-state index is 4.37. The number of hydrogen-bond donors (Lipinski definition) is 1. The van der Waals surface area contributed by atoms with Gasteiger partial charge in [0.2, 0.25) is 0 Å². The highest BCUT2D eigenvalue weighted by Crippen LogP contribution is 2.07. The Balaban J connectivity index is 1.71. The number of benzene rings is 1. The van der Waals surface area contributed by atoms with Crippen LogP contribution in [0, 0.1) is 0 Å². The molecule has 0 amide bonds. The Kier molecular flexibility index (Phi) is 7.26. The summed E-state index contributed by atoms with van der Waals surface area (Å²) in [6, 6.07) is 8.79. The molecule has 0 bridgehead atoms. The summed E-state index contributed by atoms with van der Waals surface area (Å²) < 4.78 is 2.00. The zero-order valence-corrected chi connectivity index (χ0v) is 14.9. The van der Waals surface area contributed by atoms with Gasteiger partial charge >= 0.3 is 0 Å². The maximum absolute atomic E-state index is 4.37. The molecule has 0 aliphatic rings. The maximum Gasteiger partial charge on any atom is 0.193 e. The van der Waals surface area contributed by atoms with Crippen molar-refractivity contribution in [2.45, 2.75) is 39.3 Å². The first-order valence-corrected chi connectivity index (χ1v) is 8.55. The van der Waals surface area contributed by atoms with Crippen LogP contribution in [0.25, 0.3) is 0 Å². The lowest BCUT2D eigenvalue weighted by Gasteiger charge is -2.22. The van der Waals surface area contributed by atoms with Crippen molar-refractivity contribution in [3.8, 4) is 0 Å². The molecule has 1 aromatic heterocycles. The molecule has 2 rings (SSSR count). The fraction of sp³-hybridized carbons (Fsp3) is 0.500. The average Bonchev–Trinajstić information content (AvgIpc) is 3.12. The van der Waals surface area contributed by atoms with E-state index in [9.17, 15) is 0 Å². The zero-order chi connectivity index (χ0) is 17.2. The van der Waals surface area contributed by atoms with Gasteiger partial charge in [0.15, 0.2) is 5.96 Å². The molecule has 1 aromatic carbocycles. The highest BCUT2D eigenvalue weighted by Gasteiger charge is 2.06. The number of guanidine groups is 1. The molecular formula is C18H28N6. The highest BCUT2D eigenvalue weighted by molar-refractivity contribution is 5.79. The van der Waals surface area contributed by atoms with E-state index in [-0.39, 0.29) is 0 Å². The Labute approximate surface area is 144 Å². The first kappa shape index (κ1) is 18.0. The molecule has 0 fully saturated rings. The van der Waals surface area contributed by atoms with Gasteiger partial charge < -0.3 is 14.8 Å². The van der Waals surface area contributed by atoms with E-state index in [4.69, 9.17) is 0 Å². The minimum Gasteiger partial charge on any atom is -0.356 e. The van der Waals surface area contributed by atoms with Crippen LogP contribution in [0.15, 0.2) is 41.9 Å². The second kappa shape index (κ2) is 9.70. The second-order valence-corrected chi connectivity index (χ2v) is 5.91. The highest BCUT2D eigenvalue weighted by atomic mass is 15.3. The topological polar surface area (TPSA) is 58.3 Å². The summed E-state index contributed by atoms with van der Waals surface area (Å²) in [7, 11) is 3.90. The third kappa shape index (κ3) is 5.68. The van der Waals surface area contributed by atoms with E-state index in [2.05, 4.69) is 63.6 Å². The van der Waals surface area contributed by atoms with Gasteiger partial charge in [-0.2, -0.15) is 0 Å². The lowest BCUT2D eigenvalue weighted by molar-refractivity contribution is 0.473. The Morgan fingerprint density at radius 2 is 1.79 bits per heavy atom. The Bertz CT molecular complexity index is 603. The number of rotatable bonds is 8. The number of nitrogens with zero attached hydrogens (tertiary/aromatic N) is 5. The smallest absolute Gasteiger partial charge is 0.193 e. The third-order valence-electron chi connectivity index (χ3n) is 4.02. The standard InChI is InChI=1S/C18H28N6/c1-4-16-7-9-17(10-8-16)13-23(3)18(19-2)20-11-5-6-12-24-14-21-22-15-24/h7-10,14-15H,4-6,11-13H2,1-3H3,(H,19,20). The molecule has 6 heteroatoms. The number of aliphatic imine (C=N–C) groups is 1. The SMILES string of the molecule is CCc1ccc(CN(C)C(=NC)NCCCCn2cnnc2)cc1. The van der Waals surface area contributed by atoms with Crippen molar-refractivity contribution < 1.29 is 0 Å². The molecule has 0 saturated heterocycles. The molecule has 0 radical (unpaired) electrons. The molecule has 0 spiro atoms. The second-order valence-electron chi connectivity index (χ2n) is 5.91. The number of nitrogens with one attached hydrogen (secondary N) is 1. The van der Waals surface area contributed by atoms with Gasteiger partial charge in [-0.25, -0.2) is 0 Å². The van der Waals surface area contributed by atoms with Crippen LogP contribution < -0.4 is 5.32 Å². The zero-order valence-electron chi connectivity index (χ0n) is 14.9. The first-order chi connectivity index (χ1) is 11.7. The lowest BCUT2D eigenvalue weighted by Crippen LogP contribution is -2.38. The van der Waals surface area contributed by atoms with Crippen LogP contribution in [0.5, 0.6) is 0 Å². The normalized spacial score (nSPS) is 11.5. The fourth-order valence-electron chi connectivity index (χ4n) is 2.57. The summed E-state index contributed by atoms with van der Waals surface area (Å²) >= 11 is 0. The molecule has 0 aliphatic heterocycles. The van der Waals surface area contributed by atoms with E-state index in [0.29, 0.717) is 0 Å². The molecule has 0 atom stereocenters. The van der Waals surface area contributed by atoms with Crippen molar-refractivity contribution in [3.63, 3.8) is 0 Å². The van der Waals surface area contributed by atoms with Gasteiger partial charge in [-0.1, -0.05) is 31.2 Å². The minimum atomic E-state index is 0.852. The Hall–Kier alpha value is -2.37. The fourth-order valence-corrected chi connectivity index (χ4v) is 2.57. The van der Waals surface area contributed by atoms with Crippen LogP contribution in [0.1, 0.15) is 30.9 Å². The van der Waals surface area contributed by atoms with Gasteiger partial charge in [0.05, 0.1) is 0 Å².